The number of carbonyl (C=O) groups excluding carboxylic acids is 1. The van der Waals surface area contributed by atoms with Gasteiger partial charge in [-0.2, -0.15) is 13.2 Å². The number of benzene rings is 1. The number of amides is 2. The Kier molecular flexibility index (Phi) is 8.00. The molecular formula is C25H30F3N5O3. The van der Waals surface area contributed by atoms with Crippen LogP contribution < -0.4 is 15.5 Å². The number of hydrogen-bond donors (Lipinski definition) is 3. The van der Waals surface area contributed by atoms with E-state index in [1.807, 2.05) is 31.2 Å². The lowest BCUT2D eigenvalue weighted by molar-refractivity contribution is -0.127. The highest BCUT2D eigenvalue weighted by Gasteiger charge is 2.32. The molecule has 8 nitrogen and oxygen atoms in total. The molecule has 0 saturated carbocycles. The van der Waals surface area contributed by atoms with Gasteiger partial charge in [0.25, 0.3) is 0 Å². The van der Waals surface area contributed by atoms with Crippen molar-refractivity contribution in [1.29, 1.82) is 0 Å². The van der Waals surface area contributed by atoms with Crippen molar-refractivity contribution in [2.75, 3.05) is 68.1 Å². The number of rotatable bonds is 7. The van der Waals surface area contributed by atoms with E-state index in [9.17, 15) is 23.1 Å². The van der Waals surface area contributed by atoms with Crippen LogP contribution in [0.5, 0.6) is 0 Å². The second-order valence-corrected chi connectivity index (χ2v) is 8.84. The molecule has 194 valence electrons. The van der Waals surface area contributed by atoms with Gasteiger partial charge in [0.05, 0.1) is 26.2 Å². The maximum Gasteiger partial charge on any atom is 0.392 e. The van der Waals surface area contributed by atoms with E-state index in [0.29, 0.717) is 44.4 Å². The number of aromatic nitrogens is 1. The second kappa shape index (κ2) is 11.2. The fraction of sp³-hybridized carbons (Fsp3) is 0.440. The molecular weight excluding hydrogens is 475 g/mol. The van der Waals surface area contributed by atoms with Crippen LogP contribution >= 0.6 is 0 Å². The number of aliphatic hydroxyl groups is 1. The fourth-order valence-electron chi connectivity index (χ4n) is 4.27. The number of halogens is 3. The zero-order chi connectivity index (χ0) is 25.7. The standard InChI is InChI=1S/C25H30F3N5O3/c1-17-2-3-20(30-24(35)33-6-4-18(16-33)15-25(26,27)28)14-21(17)19-12-22(29-5-9-34)31-23(13-19)32-7-10-36-11-8-32/h2-4,12-14,34H,5-11,15-16H2,1H3,(H,29,31)(H,30,35). The molecule has 11 heteroatoms. The Hall–Kier alpha value is -3.31. The molecule has 4 rings (SSSR count). The van der Waals surface area contributed by atoms with E-state index >= 15 is 0 Å². The first-order chi connectivity index (χ1) is 17.2. The number of nitrogens with one attached hydrogen (secondary N) is 2. The van der Waals surface area contributed by atoms with E-state index in [2.05, 4.69) is 15.5 Å². The number of carbonyl (C=O) groups is 1. The Balaban J connectivity index is 1.54. The maximum absolute atomic E-state index is 12.7. The number of aliphatic hydroxyl groups excluding tert-OH is 1. The molecule has 36 heavy (non-hydrogen) atoms. The number of nitrogens with zero attached hydrogens (tertiary/aromatic N) is 3. The number of hydrogen-bond acceptors (Lipinski definition) is 6. The molecule has 0 bridgehead atoms. The average molecular weight is 506 g/mol. The highest BCUT2D eigenvalue weighted by molar-refractivity contribution is 5.91. The van der Waals surface area contributed by atoms with Crippen LogP contribution in [0.2, 0.25) is 0 Å². The van der Waals surface area contributed by atoms with Crippen LogP contribution in [0, 0.1) is 6.92 Å². The third-order valence-corrected chi connectivity index (χ3v) is 6.07. The zero-order valence-electron chi connectivity index (χ0n) is 20.1. The van der Waals surface area contributed by atoms with Gasteiger partial charge in [0, 0.05) is 38.4 Å². The normalized spacial score (nSPS) is 16.2. The summed E-state index contributed by atoms with van der Waals surface area (Å²) in [6.07, 6.45) is -3.84. The molecule has 0 radical (unpaired) electrons. The summed E-state index contributed by atoms with van der Waals surface area (Å²) in [7, 11) is 0. The minimum atomic E-state index is -4.29. The summed E-state index contributed by atoms with van der Waals surface area (Å²) in [5, 5.41) is 15.2. The molecule has 1 aromatic heterocycles. The van der Waals surface area contributed by atoms with Crippen molar-refractivity contribution < 1.29 is 27.8 Å². The van der Waals surface area contributed by atoms with Crippen LogP contribution in [0.4, 0.5) is 35.3 Å². The molecule has 1 aromatic carbocycles. The number of aryl methyl sites for hydroxylation is 1. The molecule has 2 aliphatic heterocycles. The smallest absolute Gasteiger partial charge is 0.392 e. The lowest BCUT2D eigenvalue weighted by atomic mass is 10.00. The minimum absolute atomic E-state index is 0.0324. The average Bonchev–Trinajstić information content (AvgIpc) is 3.31. The molecule has 2 amide bonds. The summed E-state index contributed by atoms with van der Waals surface area (Å²) in [6, 6.07) is 8.93. The van der Waals surface area contributed by atoms with Crippen LogP contribution in [0.15, 0.2) is 42.0 Å². The van der Waals surface area contributed by atoms with Crippen molar-refractivity contribution in [3.8, 4) is 11.1 Å². The lowest BCUT2D eigenvalue weighted by Crippen LogP contribution is -2.36. The summed E-state index contributed by atoms with van der Waals surface area (Å²) in [4.78, 5) is 20.9. The van der Waals surface area contributed by atoms with Crippen molar-refractivity contribution in [3.63, 3.8) is 0 Å². The van der Waals surface area contributed by atoms with Crippen LogP contribution in [-0.2, 0) is 4.74 Å². The molecule has 2 aromatic rings. The first-order valence-electron chi connectivity index (χ1n) is 11.8. The Bertz CT molecular complexity index is 1120. The molecule has 2 aliphatic rings. The van der Waals surface area contributed by atoms with Crippen molar-refractivity contribution in [1.82, 2.24) is 9.88 Å². The largest absolute Gasteiger partial charge is 0.395 e. The topological polar surface area (TPSA) is 90.0 Å². The first kappa shape index (κ1) is 25.8. The monoisotopic (exact) mass is 505 g/mol. The van der Waals surface area contributed by atoms with E-state index in [-0.39, 0.29) is 25.3 Å². The maximum atomic E-state index is 12.7. The Morgan fingerprint density at radius 3 is 2.69 bits per heavy atom. The fourth-order valence-corrected chi connectivity index (χ4v) is 4.27. The summed E-state index contributed by atoms with van der Waals surface area (Å²) < 4.78 is 43.5. The Morgan fingerprint density at radius 1 is 1.19 bits per heavy atom. The molecule has 1 saturated heterocycles. The molecule has 3 heterocycles. The number of alkyl halides is 3. The third-order valence-electron chi connectivity index (χ3n) is 6.07. The van der Waals surface area contributed by atoms with Gasteiger partial charge in [0.15, 0.2) is 0 Å². The number of pyridine rings is 1. The summed E-state index contributed by atoms with van der Waals surface area (Å²) in [5.41, 5.74) is 3.48. The highest BCUT2D eigenvalue weighted by atomic mass is 19.4. The lowest BCUT2D eigenvalue weighted by Gasteiger charge is -2.28. The van der Waals surface area contributed by atoms with Crippen molar-refractivity contribution in [2.24, 2.45) is 0 Å². The van der Waals surface area contributed by atoms with Gasteiger partial charge in [-0.05, 0) is 53.5 Å². The number of urea groups is 1. The minimum Gasteiger partial charge on any atom is -0.395 e. The Morgan fingerprint density at radius 2 is 1.97 bits per heavy atom. The number of anilines is 3. The molecule has 0 atom stereocenters. The molecule has 0 spiro atoms. The van der Waals surface area contributed by atoms with Gasteiger partial charge >= 0.3 is 12.2 Å². The number of ether oxygens (including phenoxy) is 1. The molecule has 3 N–H and O–H groups in total. The second-order valence-electron chi connectivity index (χ2n) is 8.84. The van der Waals surface area contributed by atoms with E-state index in [4.69, 9.17) is 9.72 Å². The number of morpholine rings is 1. The quantitative estimate of drug-likeness (QED) is 0.493. The SMILES string of the molecule is Cc1ccc(NC(=O)N2CC=C(CC(F)(F)F)C2)cc1-c1cc(NCCO)nc(N2CCOCC2)c1. The first-order valence-corrected chi connectivity index (χ1v) is 11.8. The van der Waals surface area contributed by atoms with Crippen molar-refractivity contribution in [2.45, 2.75) is 19.5 Å². The van der Waals surface area contributed by atoms with Gasteiger partial charge in [-0.1, -0.05) is 12.1 Å². The third kappa shape index (κ3) is 6.67. The summed E-state index contributed by atoms with van der Waals surface area (Å²) in [6.45, 7) is 5.04. The van der Waals surface area contributed by atoms with E-state index in [0.717, 1.165) is 22.5 Å². The van der Waals surface area contributed by atoms with E-state index in [1.54, 1.807) is 6.07 Å². The van der Waals surface area contributed by atoms with Crippen LogP contribution in [0.3, 0.4) is 0 Å². The summed E-state index contributed by atoms with van der Waals surface area (Å²) >= 11 is 0. The van der Waals surface area contributed by atoms with Gasteiger partial charge in [-0.15, -0.1) is 0 Å². The van der Waals surface area contributed by atoms with Gasteiger partial charge in [-0.3, -0.25) is 0 Å². The van der Waals surface area contributed by atoms with Gasteiger partial charge in [0.2, 0.25) is 0 Å². The van der Waals surface area contributed by atoms with Gasteiger partial charge < -0.3 is 30.3 Å². The van der Waals surface area contributed by atoms with E-state index < -0.39 is 18.6 Å². The van der Waals surface area contributed by atoms with Crippen LogP contribution in [0.1, 0.15) is 12.0 Å². The van der Waals surface area contributed by atoms with Crippen LogP contribution in [0.25, 0.3) is 11.1 Å². The molecule has 0 aliphatic carbocycles. The van der Waals surface area contributed by atoms with Crippen molar-refractivity contribution >= 4 is 23.4 Å². The van der Waals surface area contributed by atoms with E-state index in [1.165, 1.54) is 11.0 Å². The predicted octanol–water partition coefficient (Wildman–Crippen LogP) is 4.02. The molecule has 1 fully saturated rings. The highest BCUT2D eigenvalue weighted by Crippen LogP contribution is 2.32. The molecule has 0 unspecified atom stereocenters. The van der Waals surface area contributed by atoms with Gasteiger partial charge in [-0.25, -0.2) is 9.78 Å². The zero-order valence-corrected chi connectivity index (χ0v) is 20.1. The predicted molar refractivity (Wildman–Crippen MR) is 132 cm³/mol. The van der Waals surface area contributed by atoms with Crippen LogP contribution in [-0.4, -0.2) is 79.7 Å². The van der Waals surface area contributed by atoms with Crippen molar-refractivity contribution in [3.05, 3.63) is 47.5 Å². The summed E-state index contributed by atoms with van der Waals surface area (Å²) in [5.74, 6) is 1.41. The Labute approximate surface area is 207 Å². The van der Waals surface area contributed by atoms with Gasteiger partial charge in [0.1, 0.15) is 11.6 Å².